The second-order valence-corrected chi connectivity index (χ2v) is 7.31. The maximum Gasteiger partial charge on any atom is 0.326 e. The molecule has 0 aromatic heterocycles. The van der Waals surface area contributed by atoms with Crippen molar-refractivity contribution >= 4 is 17.8 Å². The molecule has 0 spiro atoms. The lowest BCUT2D eigenvalue weighted by atomic mass is 9.94. The SMILES string of the molecule is O=C(CCC1CCCC1)NCC(=O)N1Cc2ccccc2CC1C(=O)O. The molecule has 6 heteroatoms. The maximum atomic E-state index is 12.5. The molecule has 1 saturated carbocycles. The van der Waals surface area contributed by atoms with E-state index in [1.807, 2.05) is 24.3 Å². The van der Waals surface area contributed by atoms with Gasteiger partial charge >= 0.3 is 5.97 Å². The molecule has 1 aliphatic carbocycles. The molecule has 0 saturated heterocycles. The fraction of sp³-hybridized carbons (Fsp3) is 0.550. The van der Waals surface area contributed by atoms with Crippen LogP contribution in [0.25, 0.3) is 0 Å². The summed E-state index contributed by atoms with van der Waals surface area (Å²) in [5.41, 5.74) is 1.93. The minimum Gasteiger partial charge on any atom is -0.480 e. The predicted octanol–water partition coefficient (Wildman–Crippen LogP) is 2.11. The van der Waals surface area contributed by atoms with Crippen LogP contribution in [0.2, 0.25) is 0 Å². The van der Waals surface area contributed by atoms with Crippen LogP contribution >= 0.6 is 0 Å². The van der Waals surface area contributed by atoms with E-state index in [0.29, 0.717) is 18.8 Å². The molecule has 1 aromatic rings. The minimum atomic E-state index is -1.01. The molecule has 2 N–H and O–H groups in total. The van der Waals surface area contributed by atoms with Crippen molar-refractivity contribution in [3.63, 3.8) is 0 Å². The summed E-state index contributed by atoms with van der Waals surface area (Å²) >= 11 is 0. The van der Waals surface area contributed by atoms with Crippen LogP contribution in [-0.4, -0.2) is 40.4 Å². The third-order valence-corrected chi connectivity index (χ3v) is 5.55. The molecule has 2 amide bonds. The number of hydrogen-bond acceptors (Lipinski definition) is 3. The van der Waals surface area contributed by atoms with E-state index in [1.165, 1.54) is 30.6 Å². The molecule has 3 rings (SSSR count). The van der Waals surface area contributed by atoms with E-state index in [2.05, 4.69) is 5.32 Å². The zero-order valence-corrected chi connectivity index (χ0v) is 14.9. The van der Waals surface area contributed by atoms with E-state index >= 15 is 0 Å². The number of nitrogens with zero attached hydrogens (tertiary/aromatic N) is 1. The highest BCUT2D eigenvalue weighted by Crippen LogP contribution is 2.28. The number of carboxylic acid groups (broad SMARTS) is 1. The smallest absolute Gasteiger partial charge is 0.326 e. The first-order valence-electron chi connectivity index (χ1n) is 9.40. The number of hydrogen-bond donors (Lipinski definition) is 2. The number of amides is 2. The molecule has 1 aliphatic heterocycles. The largest absolute Gasteiger partial charge is 0.480 e. The summed E-state index contributed by atoms with van der Waals surface area (Å²) in [7, 11) is 0. The second-order valence-electron chi connectivity index (χ2n) is 7.31. The second kappa shape index (κ2) is 8.34. The van der Waals surface area contributed by atoms with Crippen molar-refractivity contribution in [3.8, 4) is 0 Å². The molecule has 1 aromatic carbocycles. The Morgan fingerprint density at radius 1 is 1.12 bits per heavy atom. The summed E-state index contributed by atoms with van der Waals surface area (Å²) in [5, 5.41) is 12.1. The third-order valence-electron chi connectivity index (χ3n) is 5.55. The molecule has 1 unspecified atom stereocenters. The molecule has 140 valence electrons. The van der Waals surface area contributed by atoms with Crippen LogP contribution in [0, 0.1) is 5.92 Å². The van der Waals surface area contributed by atoms with E-state index in [9.17, 15) is 19.5 Å². The lowest BCUT2D eigenvalue weighted by Crippen LogP contribution is -2.51. The van der Waals surface area contributed by atoms with Crippen molar-refractivity contribution in [2.24, 2.45) is 5.92 Å². The molecule has 2 aliphatic rings. The van der Waals surface area contributed by atoms with Gasteiger partial charge in [0, 0.05) is 19.4 Å². The lowest BCUT2D eigenvalue weighted by Gasteiger charge is -2.34. The first-order chi connectivity index (χ1) is 12.5. The van der Waals surface area contributed by atoms with Crippen LogP contribution < -0.4 is 5.32 Å². The van der Waals surface area contributed by atoms with Gasteiger partial charge in [-0.05, 0) is 23.5 Å². The zero-order valence-electron chi connectivity index (χ0n) is 14.9. The predicted molar refractivity (Wildman–Crippen MR) is 96.3 cm³/mol. The Bertz CT molecular complexity index is 682. The highest BCUT2D eigenvalue weighted by atomic mass is 16.4. The monoisotopic (exact) mass is 358 g/mol. The molecule has 1 atom stereocenters. The van der Waals surface area contributed by atoms with E-state index in [1.54, 1.807) is 0 Å². The van der Waals surface area contributed by atoms with E-state index in [0.717, 1.165) is 17.5 Å². The van der Waals surface area contributed by atoms with Gasteiger partial charge in [0.2, 0.25) is 11.8 Å². The Hall–Kier alpha value is -2.37. The van der Waals surface area contributed by atoms with E-state index < -0.39 is 12.0 Å². The van der Waals surface area contributed by atoms with Gasteiger partial charge in [-0.3, -0.25) is 9.59 Å². The number of benzene rings is 1. The van der Waals surface area contributed by atoms with Gasteiger partial charge < -0.3 is 15.3 Å². The summed E-state index contributed by atoms with van der Waals surface area (Å²) in [6, 6.07) is 6.69. The van der Waals surface area contributed by atoms with Crippen molar-refractivity contribution in [2.45, 2.75) is 57.5 Å². The van der Waals surface area contributed by atoms with Gasteiger partial charge in [-0.1, -0.05) is 49.9 Å². The number of carbonyl (C=O) groups is 3. The van der Waals surface area contributed by atoms with Crippen LogP contribution in [0.1, 0.15) is 49.7 Å². The lowest BCUT2D eigenvalue weighted by molar-refractivity contribution is -0.151. The van der Waals surface area contributed by atoms with Crippen LogP contribution in [0.5, 0.6) is 0 Å². The summed E-state index contributed by atoms with van der Waals surface area (Å²) in [5.74, 6) is -0.859. The van der Waals surface area contributed by atoms with Crippen LogP contribution in [0.4, 0.5) is 0 Å². The zero-order chi connectivity index (χ0) is 18.5. The topological polar surface area (TPSA) is 86.7 Å². The van der Waals surface area contributed by atoms with Gasteiger partial charge in [0.15, 0.2) is 0 Å². The van der Waals surface area contributed by atoms with E-state index in [-0.39, 0.29) is 24.9 Å². The Labute approximate surface area is 153 Å². The normalized spacial score (nSPS) is 19.8. The minimum absolute atomic E-state index is 0.130. The molecule has 6 nitrogen and oxygen atoms in total. The molecular weight excluding hydrogens is 332 g/mol. The number of rotatable bonds is 6. The van der Waals surface area contributed by atoms with Gasteiger partial charge in [-0.25, -0.2) is 4.79 Å². The number of nitrogens with one attached hydrogen (secondary N) is 1. The Kier molecular flexibility index (Phi) is 5.91. The van der Waals surface area contributed by atoms with Crippen LogP contribution in [-0.2, 0) is 27.3 Å². The van der Waals surface area contributed by atoms with Crippen LogP contribution in [0.15, 0.2) is 24.3 Å². The van der Waals surface area contributed by atoms with Crippen molar-refractivity contribution in [1.29, 1.82) is 0 Å². The number of carbonyl (C=O) groups excluding carboxylic acids is 2. The highest BCUT2D eigenvalue weighted by molar-refractivity contribution is 5.88. The first kappa shape index (κ1) is 18.4. The van der Waals surface area contributed by atoms with Crippen molar-refractivity contribution in [3.05, 3.63) is 35.4 Å². The standard InChI is InChI=1S/C20H26N2O4/c23-18(10-9-14-5-1-2-6-14)21-12-19(24)22-13-16-8-4-3-7-15(16)11-17(22)20(25)26/h3-4,7-8,14,17H,1-2,5-6,9-13H2,(H,21,23)(H,25,26). The van der Waals surface area contributed by atoms with Crippen molar-refractivity contribution in [2.75, 3.05) is 6.54 Å². The van der Waals surface area contributed by atoms with Crippen molar-refractivity contribution in [1.82, 2.24) is 10.2 Å². The summed E-state index contributed by atoms with van der Waals surface area (Å²) < 4.78 is 0. The van der Waals surface area contributed by atoms with Crippen LogP contribution in [0.3, 0.4) is 0 Å². The van der Waals surface area contributed by atoms with E-state index in [4.69, 9.17) is 0 Å². The third kappa shape index (κ3) is 4.42. The Morgan fingerprint density at radius 2 is 1.81 bits per heavy atom. The van der Waals surface area contributed by atoms with Gasteiger partial charge in [0.25, 0.3) is 0 Å². The molecule has 0 radical (unpaired) electrons. The highest BCUT2D eigenvalue weighted by Gasteiger charge is 2.34. The average molecular weight is 358 g/mol. The molecule has 0 bridgehead atoms. The number of carboxylic acids is 1. The van der Waals surface area contributed by atoms with Gasteiger partial charge in [-0.15, -0.1) is 0 Å². The van der Waals surface area contributed by atoms with Gasteiger partial charge in [0.05, 0.1) is 6.54 Å². The number of fused-ring (bicyclic) bond motifs is 1. The maximum absolute atomic E-state index is 12.5. The fourth-order valence-electron chi connectivity index (χ4n) is 4.00. The Morgan fingerprint density at radius 3 is 2.50 bits per heavy atom. The summed E-state index contributed by atoms with van der Waals surface area (Å²) in [6.45, 7) is 0.124. The number of aliphatic carboxylic acids is 1. The Balaban J connectivity index is 1.54. The molecular formula is C20H26N2O4. The fourth-order valence-corrected chi connectivity index (χ4v) is 4.00. The average Bonchev–Trinajstić information content (AvgIpc) is 3.16. The van der Waals surface area contributed by atoms with Crippen molar-refractivity contribution < 1.29 is 19.5 Å². The molecule has 1 fully saturated rings. The molecule has 1 heterocycles. The van der Waals surface area contributed by atoms with Gasteiger partial charge in [0.1, 0.15) is 6.04 Å². The summed E-state index contributed by atoms with van der Waals surface area (Å²) in [6.07, 6.45) is 6.49. The molecule has 26 heavy (non-hydrogen) atoms. The quantitative estimate of drug-likeness (QED) is 0.815. The van der Waals surface area contributed by atoms with Gasteiger partial charge in [-0.2, -0.15) is 0 Å². The first-order valence-corrected chi connectivity index (χ1v) is 9.40. The summed E-state index contributed by atoms with van der Waals surface area (Å²) in [4.78, 5) is 37.5.